The molecule has 0 aromatic heterocycles. The molecule has 6 heteroatoms. The second-order valence-corrected chi connectivity index (χ2v) is 8.36. The van der Waals surface area contributed by atoms with Crippen LogP contribution in [0, 0.1) is 0 Å². The second-order valence-electron chi connectivity index (χ2n) is 2.14. The summed E-state index contributed by atoms with van der Waals surface area (Å²) in [7, 11) is -0.0231. The van der Waals surface area contributed by atoms with E-state index in [0.29, 0.717) is 9.76 Å². The summed E-state index contributed by atoms with van der Waals surface area (Å²) in [6.45, 7) is 6.65. The predicted molar refractivity (Wildman–Crippen MR) is 60.8 cm³/mol. The largest absolute Gasteiger partial charge is 0.654 e. The quantitative estimate of drug-likeness (QED) is 0.641. The molecule has 0 heterocycles. The van der Waals surface area contributed by atoms with Crippen molar-refractivity contribution in [2.24, 2.45) is 0 Å². The third-order valence-electron chi connectivity index (χ3n) is 1.21. The standard InChI is InChI=1S/C6H16OSi2.2Al.O.2H/c1-4-8-7-9(5-2)6-3;;;;;/h8H,4-6H2,1-3H3;;;;;. The molecule has 0 aromatic rings. The van der Waals surface area contributed by atoms with E-state index in [1.807, 2.05) is 0 Å². The van der Waals surface area contributed by atoms with Gasteiger partial charge in [0.05, 0.1) is 0 Å². The van der Waals surface area contributed by atoms with Crippen LogP contribution in [0.5, 0.6) is 0 Å². The van der Waals surface area contributed by atoms with Crippen molar-refractivity contribution in [2.45, 2.75) is 38.9 Å². The van der Waals surface area contributed by atoms with E-state index in [2.05, 4.69) is 23.6 Å². The fourth-order valence-corrected chi connectivity index (χ4v) is 4.06. The lowest BCUT2D eigenvalue weighted by atomic mass is 11.0. The molecule has 4 radical (unpaired) electrons. The topological polar surface area (TPSA) is 18.5 Å². The Balaban J connectivity index is 0. The molecular formula is C6H18Al2O2Si2. The molecule has 0 bridgehead atoms. The van der Waals surface area contributed by atoms with Crippen LogP contribution in [-0.4, -0.2) is 52.1 Å². The van der Waals surface area contributed by atoms with E-state index in [-0.39, 0.29) is 9.04 Å². The zero-order valence-electron chi connectivity index (χ0n) is 8.43. The Hall–Kier alpha value is 1.42. The van der Waals surface area contributed by atoms with Crippen LogP contribution < -0.4 is 0 Å². The van der Waals surface area contributed by atoms with Crippen molar-refractivity contribution < 1.29 is 6.96 Å². The molecule has 0 unspecified atom stereocenters. The highest BCUT2D eigenvalue weighted by atomic mass is 28.3. The van der Waals surface area contributed by atoms with E-state index >= 15 is 0 Å². The Bertz CT molecular complexity index is 74.6. The normalized spacial score (nSPS) is 9.33. The highest BCUT2D eigenvalue weighted by Gasteiger charge is 2.04. The molecule has 68 valence electrons. The summed E-state index contributed by atoms with van der Waals surface area (Å²) in [6.07, 6.45) is 0. The maximum Gasteiger partial charge on any atom is 0.360 e. The van der Waals surface area contributed by atoms with Gasteiger partial charge in [-0.15, -0.1) is 0 Å². The van der Waals surface area contributed by atoms with Crippen LogP contribution >= 0.6 is 0 Å². The first-order valence-electron chi connectivity index (χ1n) is 4.25. The van der Waals surface area contributed by atoms with E-state index in [0.717, 1.165) is 0 Å². The van der Waals surface area contributed by atoms with Crippen molar-refractivity contribution in [1.29, 1.82) is 0 Å². The smallest absolute Gasteiger partial charge is 0.360 e. The number of hydrogen-bond donors (Lipinski definition) is 0. The maximum atomic E-state index is 5.67. The van der Waals surface area contributed by atoms with Crippen molar-refractivity contribution in [2.75, 3.05) is 0 Å². The lowest BCUT2D eigenvalue weighted by Crippen LogP contribution is -2.17. The predicted octanol–water partition coefficient (Wildman–Crippen LogP) is 0.459. The molecular weight excluding hydrogens is 214 g/mol. The molecule has 0 aliphatic heterocycles. The maximum absolute atomic E-state index is 5.67. The van der Waals surface area contributed by atoms with E-state index < -0.39 is 0 Å². The molecule has 0 aliphatic rings. The molecule has 2 nitrogen and oxygen atoms in total. The van der Waals surface area contributed by atoms with Gasteiger partial charge in [-0.3, -0.25) is 0 Å². The average molecular weight is 232 g/mol. The lowest BCUT2D eigenvalue weighted by molar-refractivity contribution is 0.605. The monoisotopic (exact) mass is 232 g/mol. The van der Waals surface area contributed by atoms with Crippen LogP contribution in [0.3, 0.4) is 0 Å². The van der Waals surface area contributed by atoms with Gasteiger partial charge in [0, 0.05) is 0 Å². The van der Waals surface area contributed by atoms with Crippen LogP contribution in [0.4, 0.5) is 0 Å². The van der Waals surface area contributed by atoms with Gasteiger partial charge >= 0.3 is 33.2 Å². The number of rotatable bonds is 5. The molecule has 0 atom stereocenters. The van der Waals surface area contributed by atoms with Gasteiger partial charge in [-0.05, 0) is 18.1 Å². The van der Waals surface area contributed by atoms with Gasteiger partial charge in [0.25, 0.3) is 0 Å². The zero-order valence-corrected chi connectivity index (χ0v) is 13.4. The molecule has 12 heavy (non-hydrogen) atoms. The Morgan fingerprint density at radius 2 is 1.58 bits per heavy atom. The molecule has 0 spiro atoms. The van der Waals surface area contributed by atoms with Crippen molar-refractivity contribution in [3.8, 4) is 0 Å². The van der Waals surface area contributed by atoms with Gasteiger partial charge in [0.15, 0.2) is 18.8 Å². The Kier molecular flexibility index (Phi) is 19.7. The minimum Gasteiger partial charge on any atom is -0.654 e. The van der Waals surface area contributed by atoms with Gasteiger partial charge in [0.1, 0.15) is 0 Å². The summed E-state index contributed by atoms with van der Waals surface area (Å²) in [5, 5.41) is 0. The van der Waals surface area contributed by atoms with Crippen LogP contribution in [0.25, 0.3) is 0 Å². The average Bonchev–Trinajstić information content (AvgIpc) is 2.08. The molecule has 0 saturated carbocycles. The molecule has 0 rings (SSSR count). The summed E-state index contributed by atoms with van der Waals surface area (Å²) in [5.74, 6) is 0. The summed E-state index contributed by atoms with van der Waals surface area (Å²) >= 11 is 2.97. The van der Waals surface area contributed by atoms with Gasteiger partial charge < -0.3 is 6.96 Å². The fraction of sp³-hybridized carbons (Fsp3) is 1.00. The minimum absolute atomic E-state index is 0.326. The van der Waals surface area contributed by atoms with E-state index in [1.54, 1.807) is 0 Å². The van der Waals surface area contributed by atoms with Crippen molar-refractivity contribution >= 4 is 52.1 Å². The Labute approximate surface area is 97.6 Å². The van der Waals surface area contributed by atoms with Crippen LogP contribution in [0.15, 0.2) is 0 Å². The van der Waals surface area contributed by atoms with Gasteiger partial charge in [-0.1, -0.05) is 20.8 Å². The molecule has 0 aromatic carbocycles. The van der Waals surface area contributed by atoms with E-state index in [9.17, 15) is 0 Å². The Morgan fingerprint density at radius 3 is 1.83 bits per heavy atom. The summed E-state index contributed by atoms with van der Waals surface area (Å²) < 4.78 is 9.98. The first-order valence-corrected chi connectivity index (χ1v) is 8.52. The van der Waals surface area contributed by atoms with Gasteiger partial charge in [-0.2, -0.15) is 0 Å². The molecule has 0 amide bonds. The third kappa shape index (κ3) is 14.0. The van der Waals surface area contributed by atoms with E-state index in [4.69, 9.17) is 4.12 Å². The van der Waals surface area contributed by atoms with Crippen LogP contribution in [0.1, 0.15) is 20.8 Å². The molecule has 0 fully saturated rings. The highest BCUT2D eigenvalue weighted by Crippen LogP contribution is 1.98. The van der Waals surface area contributed by atoms with Crippen molar-refractivity contribution in [3.63, 3.8) is 0 Å². The van der Waals surface area contributed by atoms with Crippen LogP contribution in [-0.2, 0) is 6.96 Å². The van der Waals surface area contributed by atoms with Crippen molar-refractivity contribution in [3.05, 3.63) is 0 Å². The second kappa shape index (κ2) is 14.9. The lowest BCUT2D eigenvalue weighted by Gasteiger charge is -2.08. The fourth-order valence-electron chi connectivity index (χ4n) is 0.618. The van der Waals surface area contributed by atoms with Gasteiger partial charge in [0.2, 0.25) is 0 Å². The first-order chi connectivity index (χ1) is 5.76. The molecule has 0 N–H and O–H groups in total. The number of hydrogen-bond acceptors (Lipinski definition) is 2. The van der Waals surface area contributed by atoms with Crippen molar-refractivity contribution in [1.82, 2.24) is 0 Å². The molecule has 0 aliphatic carbocycles. The summed E-state index contributed by atoms with van der Waals surface area (Å²) in [4.78, 5) is 0. The molecule has 0 saturated heterocycles. The SMILES string of the molecule is CC[SiH]O[Si](CC)CC.[AlH][O][AlH]. The highest BCUT2D eigenvalue weighted by molar-refractivity contribution is 6.58. The third-order valence-corrected chi connectivity index (χ3v) is 5.12. The van der Waals surface area contributed by atoms with Gasteiger partial charge in [-0.25, -0.2) is 0 Å². The Morgan fingerprint density at radius 1 is 1.17 bits per heavy atom. The summed E-state index contributed by atoms with van der Waals surface area (Å²) in [6, 6.07) is 3.79. The first kappa shape index (κ1) is 15.9. The van der Waals surface area contributed by atoms with Crippen LogP contribution in [0.2, 0.25) is 18.1 Å². The summed E-state index contributed by atoms with van der Waals surface area (Å²) in [5.41, 5.74) is 0. The zero-order chi connectivity index (χ0) is 9.82. The van der Waals surface area contributed by atoms with E-state index in [1.165, 1.54) is 51.4 Å². The minimum atomic E-state index is -0.349.